The van der Waals surface area contributed by atoms with Crippen molar-refractivity contribution in [2.45, 2.75) is 31.9 Å². The molecule has 5 aromatic rings. The molecule has 5 rings (SSSR count). The minimum atomic E-state index is -1.15. The number of benzene rings is 4. The number of phenols is 1. The molecule has 0 bridgehead atoms. The summed E-state index contributed by atoms with van der Waals surface area (Å²) in [5.41, 5.74) is 4.56. The molecule has 7 N–H and O–H groups in total. The summed E-state index contributed by atoms with van der Waals surface area (Å²) in [6.07, 6.45) is -0.808. The summed E-state index contributed by atoms with van der Waals surface area (Å²) in [6, 6.07) is 24.3. The van der Waals surface area contributed by atoms with Crippen LogP contribution in [0.25, 0.3) is 22.0 Å². The number of fused-ring (bicyclic) bond motifs is 1. The van der Waals surface area contributed by atoms with E-state index in [2.05, 4.69) is 20.9 Å². The van der Waals surface area contributed by atoms with Gasteiger partial charge in [-0.25, -0.2) is 4.79 Å². The van der Waals surface area contributed by atoms with Crippen molar-refractivity contribution in [3.63, 3.8) is 0 Å². The minimum Gasteiger partial charge on any atom is -0.506 e. The van der Waals surface area contributed by atoms with Crippen LogP contribution in [-0.2, 0) is 17.8 Å². The first kappa shape index (κ1) is 34.0. The van der Waals surface area contributed by atoms with Crippen molar-refractivity contribution in [3.05, 3.63) is 117 Å². The van der Waals surface area contributed by atoms with Gasteiger partial charge in [0.05, 0.1) is 35.1 Å². The van der Waals surface area contributed by atoms with Crippen LogP contribution in [0.3, 0.4) is 0 Å². The molecular formula is C36H35ClN4O7. The Bertz CT molecular complexity index is 2000. The number of aliphatic hydroxyl groups excluding tert-OH is 1. The molecule has 248 valence electrons. The number of aliphatic hydroxyl groups is 1. The Balaban J connectivity index is 1.17. The summed E-state index contributed by atoms with van der Waals surface area (Å²) in [5.74, 6) is 0.164. The summed E-state index contributed by atoms with van der Waals surface area (Å²) in [5, 5.41) is 39.7. The number of anilines is 2. The average Bonchev–Trinajstić information content (AvgIpc) is 3.06. The first-order valence-corrected chi connectivity index (χ1v) is 15.6. The van der Waals surface area contributed by atoms with E-state index in [1.807, 2.05) is 42.5 Å². The molecule has 1 heterocycles. The normalized spacial score (nSPS) is 11.6. The SMILES string of the molecule is COc1cc(NC(=O)CCCc2ccc(-c3ccccc3)c(NC(=O)O)c2)c(Cl)cc1CNC[C@H](O)c1ccc(O)c2[nH]c(=O)ccc12. The van der Waals surface area contributed by atoms with Crippen molar-refractivity contribution >= 4 is 45.9 Å². The third-order valence-electron chi connectivity index (χ3n) is 7.84. The Morgan fingerprint density at radius 1 is 0.958 bits per heavy atom. The molecular weight excluding hydrogens is 636 g/mol. The van der Waals surface area contributed by atoms with Gasteiger partial charge in [0.2, 0.25) is 11.5 Å². The lowest BCUT2D eigenvalue weighted by atomic mass is 9.99. The number of H-pyrrole nitrogens is 1. The van der Waals surface area contributed by atoms with Gasteiger partial charge in [0.25, 0.3) is 0 Å². The molecule has 0 fully saturated rings. The molecule has 0 aliphatic carbocycles. The van der Waals surface area contributed by atoms with Crippen molar-refractivity contribution in [2.75, 3.05) is 24.3 Å². The molecule has 0 aliphatic rings. The number of amides is 2. The van der Waals surface area contributed by atoms with Crippen LogP contribution < -0.4 is 26.2 Å². The van der Waals surface area contributed by atoms with E-state index in [1.165, 1.54) is 19.2 Å². The second kappa shape index (κ2) is 15.5. The topological polar surface area (TPSA) is 173 Å². The number of methoxy groups -OCH3 is 1. The second-order valence-electron chi connectivity index (χ2n) is 11.2. The highest BCUT2D eigenvalue weighted by Gasteiger charge is 2.16. The smallest absolute Gasteiger partial charge is 0.409 e. The highest BCUT2D eigenvalue weighted by atomic mass is 35.5. The zero-order chi connectivity index (χ0) is 34.2. The van der Waals surface area contributed by atoms with Crippen LogP contribution in [-0.4, -0.2) is 46.0 Å². The Labute approximate surface area is 281 Å². The van der Waals surface area contributed by atoms with Gasteiger partial charge >= 0.3 is 6.09 Å². The van der Waals surface area contributed by atoms with Crippen LogP contribution in [0.4, 0.5) is 16.2 Å². The first-order valence-electron chi connectivity index (χ1n) is 15.2. The van der Waals surface area contributed by atoms with Gasteiger partial charge in [0, 0.05) is 48.2 Å². The van der Waals surface area contributed by atoms with Gasteiger partial charge in [0.15, 0.2) is 0 Å². The Morgan fingerprint density at radius 2 is 1.75 bits per heavy atom. The number of aromatic nitrogens is 1. The van der Waals surface area contributed by atoms with E-state index in [0.29, 0.717) is 58.0 Å². The van der Waals surface area contributed by atoms with Crippen molar-refractivity contribution in [1.29, 1.82) is 0 Å². The number of aryl methyl sites for hydroxylation is 1. The number of nitrogens with one attached hydrogen (secondary N) is 4. The van der Waals surface area contributed by atoms with E-state index in [-0.39, 0.29) is 35.7 Å². The lowest BCUT2D eigenvalue weighted by Crippen LogP contribution is -2.22. The molecule has 0 saturated carbocycles. The van der Waals surface area contributed by atoms with Crippen molar-refractivity contribution in [1.82, 2.24) is 10.3 Å². The lowest BCUT2D eigenvalue weighted by Gasteiger charge is -2.17. The largest absolute Gasteiger partial charge is 0.506 e. The molecule has 1 aromatic heterocycles. The van der Waals surface area contributed by atoms with Crippen molar-refractivity contribution < 1.29 is 29.6 Å². The van der Waals surface area contributed by atoms with Gasteiger partial charge in [-0.1, -0.05) is 60.1 Å². The summed E-state index contributed by atoms with van der Waals surface area (Å²) in [6.45, 7) is 0.448. The van der Waals surface area contributed by atoms with E-state index in [0.717, 1.165) is 16.7 Å². The number of hydrogen-bond donors (Lipinski definition) is 7. The number of carbonyl (C=O) groups excluding carboxylic acids is 1. The van der Waals surface area contributed by atoms with Crippen molar-refractivity contribution in [2.24, 2.45) is 0 Å². The van der Waals surface area contributed by atoms with Crippen LogP contribution in [0.2, 0.25) is 5.02 Å². The van der Waals surface area contributed by atoms with Gasteiger partial charge in [-0.3, -0.25) is 14.9 Å². The van der Waals surface area contributed by atoms with E-state index in [9.17, 15) is 29.7 Å². The molecule has 11 nitrogen and oxygen atoms in total. The fourth-order valence-electron chi connectivity index (χ4n) is 5.52. The summed E-state index contributed by atoms with van der Waals surface area (Å²) >= 11 is 6.53. The molecule has 12 heteroatoms. The van der Waals surface area contributed by atoms with Crippen LogP contribution in [0.15, 0.2) is 89.7 Å². The van der Waals surface area contributed by atoms with Gasteiger partial charge in [-0.15, -0.1) is 0 Å². The summed E-state index contributed by atoms with van der Waals surface area (Å²) < 4.78 is 5.54. The molecule has 2 amide bonds. The molecule has 0 radical (unpaired) electrons. The number of carbonyl (C=O) groups is 2. The standard InChI is InChI=1S/C36H35ClN4O7/c1-48-32-18-29(27(37)17-23(32)19-38-20-31(43)25-12-14-30(42)35-26(25)13-15-34(45)41-35)39-33(44)9-5-6-21-10-11-24(22-7-3-2-4-8-22)28(16-21)40-36(46)47/h2-4,7-8,10-18,31,38,40,42-43H,5-6,9,19-20H2,1H3,(H,39,44)(H,41,45)(H,46,47)/t31-/m0/s1. The van der Waals surface area contributed by atoms with Crippen LogP contribution >= 0.6 is 11.6 Å². The molecule has 48 heavy (non-hydrogen) atoms. The minimum absolute atomic E-state index is 0.0869. The third-order valence-corrected chi connectivity index (χ3v) is 8.16. The van der Waals surface area contributed by atoms with Crippen LogP contribution in [0, 0.1) is 0 Å². The van der Waals surface area contributed by atoms with E-state index in [1.54, 1.807) is 30.3 Å². The number of halogens is 1. The zero-order valence-electron chi connectivity index (χ0n) is 26.0. The zero-order valence-corrected chi connectivity index (χ0v) is 26.8. The van der Waals surface area contributed by atoms with Gasteiger partial charge in [-0.2, -0.15) is 0 Å². The Hall–Kier alpha value is -5.36. The van der Waals surface area contributed by atoms with Gasteiger partial charge in [0.1, 0.15) is 11.5 Å². The maximum Gasteiger partial charge on any atom is 0.409 e. The molecule has 1 atom stereocenters. The monoisotopic (exact) mass is 670 g/mol. The molecule has 4 aromatic carbocycles. The number of hydrogen-bond acceptors (Lipinski definition) is 7. The van der Waals surface area contributed by atoms with Crippen LogP contribution in [0.5, 0.6) is 11.5 Å². The number of carboxylic acid groups (broad SMARTS) is 1. The Kier molecular flexibility index (Phi) is 11.0. The van der Waals surface area contributed by atoms with Gasteiger partial charge in [-0.05, 0) is 53.8 Å². The predicted molar refractivity (Wildman–Crippen MR) is 186 cm³/mol. The summed E-state index contributed by atoms with van der Waals surface area (Å²) in [7, 11) is 1.51. The highest BCUT2D eigenvalue weighted by Crippen LogP contribution is 2.33. The number of aromatic hydroxyl groups is 1. The quantitative estimate of drug-likeness (QED) is 0.0750. The number of ether oxygens (including phenoxy) is 1. The Morgan fingerprint density at radius 3 is 2.50 bits per heavy atom. The number of pyridine rings is 1. The number of rotatable bonds is 13. The van der Waals surface area contributed by atoms with Crippen molar-refractivity contribution in [3.8, 4) is 22.6 Å². The molecule has 0 spiro atoms. The predicted octanol–water partition coefficient (Wildman–Crippen LogP) is 6.44. The lowest BCUT2D eigenvalue weighted by molar-refractivity contribution is -0.116. The number of aromatic amines is 1. The van der Waals surface area contributed by atoms with Gasteiger partial charge < -0.3 is 35.7 Å². The fourth-order valence-corrected chi connectivity index (χ4v) is 5.76. The fraction of sp³-hybridized carbons (Fsp3) is 0.194. The second-order valence-corrected chi connectivity index (χ2v) is 11.6. The molecule has 0 saturated heterocycles. The van der Waals surface area contributed by atoms with E-state index in [4.69, 9.17) is 16.3 Å². The van der Waals surface area contributed by atoms with E-state index < -0.39 is 12.2 Å². The molecule has 0 aliphatic heterocycles. The highest BCUT2D eigenvalue weighted by molar-refractivity contribution is 6.33. The number of phenolic OH excluding ortho intramolecular Hbond substituents is 1. The van der Waals surface area contributed by atoms with E-state index >= 15 is 0 Å². The average molecular weight is 671 g/mol. The molecule has 0 unspecified atom stereocenters. The third kappa shape index (κ3) is 8.31. The maximum absolute atomic E-state index is 12.8. The maximum atomic E-state index is 12.8. The first-order chi connectivity index (χ1) is 23.1. The summed E-state index contributed by atoms with van der Waals surface area (Å²) in [4.78, 5) is 38.5. The van der Waals surface area contributed by atoms with Crippen LogP contribution in [0.1, 0.15) is 35.6 Å².